The second-order valence-electron chi connectivity index (χ2n) is 3.55. The first-order valence-electron chi connectivity index (χ1n) is 4.92. The Morgan fingerprint density at radius 3 is 2.16 bits per heavy atom. The topological polar surface area (TPSA) is 54.4 Å². The number of thiophene rings is 1. The van der Waals surface area contributed by atoms with Crippen molar-refractivity contribution in [2.24, 2.45) is 0 Å². The first-order chi connectivity index (χ1) is 8.90. The fourth-order valence-corrected chi connectivity index (χ4v) is 2.82. The molecule has 0 unspecified atom stereocenters. The van der Waals surface area contributed by atoms with Gasteiger partial charge in [0.05, 0.1) is 14.2 Å². The summed E-state index contributed by atoms with van der Waals surface area (Å²) in [4.78, 5) is 23.3. The standard InChI is InChI=1S/C12H5BrF2O3S/c13-10-2-1-9(19-10)11(16)5-3-7(14)8(15)4-6(5)12(17)18/h1-4H,(H,17,18). The maximum absolute atomic E-state index is 13.2. The zero-order valence-corrected chi connectivity index (χ0v) is 11.5. The van der Waals surface area contributed by atoms with Crippen molar-refractivity contribution in [1.82, 2.24) is 0 Å². The van der Waals surface area contributed by atoms with E-state index < -0.39 is 29.0 Å². The van der Waals surface area contributed by atoms with Crippen LogP contribution in [0.1, 0.15) is 25.6 Å². The van der Waals surface area contributed by atoms with Crippen molar-refractivity contribution >= 4 is 39.0 Å². The van der Waals surface area contributed by atoms with Crippen LogP contribution < -0.4 is 0 Å². The zero-order valence-electron chi connectivity index (χ0n) is 9.12. The minimum absolute atomic E-state index is 0.236. The molecule has 0 radical (unpaired) electrons. The smallest absolute Gasteiger partial charge is 0.336 e. The summed E-state index contributed by atoms with van der Waals surface area (Å²) in [7, 11) is 0. The molecule has 1 aromatic heterocycles. The van der Waals surface area contributed by atoms with Crippen LogP contribution in [0.15, 0.2) is 28.1 Å². The van der Waals surface area contributed by atoms with Crippen molar-refractivity contribution in [3.63, 3.8) is 0 Å². The molecule has 0 bridgehead atoms. The number of halogens is 3. The molecule has 0 atom stereocenters. The van der Waals surface area contributed by atoms with E-state index in [0.29, 0.717) is 15.9 Å². The lowest BCUT2D eigenvalue weighted by molar-refractivity contribution is 0.0692. The predicted molar refractivity (Wildman–Crippen MR) is 68.8 cm³/mol. The van der Waals surface area contributed by atoms with Gasteiger partial charge in [-0.2, -0.15) is 0 Å². The highest BCUT2D eigenvalue weighted by molar-refractivity contribution is 9.11. The van der Waals surface area contributed by atoms with Crippen molar-refractivity contribution in [3.05, 3.63) is 55.7 Å². The van der Waals surface area contributed by atoms with Gasteiger partial charge in [-0.05, 0) is 40.2 Å². The number of ketones is 1. The Morgan fingerprint density at radius 2 is 1.68 bits per heavy atom. The molecule has 0 saturated heterocycles. The van der Waals surface area contributed by atoms with Gasteiger partial charge in [0.25, 0.3) is 0 Å². The Balaban J connectivity index is 2.58. The van der Waals surface area contributed by atoms with Crippen LogP contribution in [0.3, 0.4) is 0 Å². The van der Waals surface area contributed by atoms with Gasteiger partial charge in [-0.1, -0.05) is 0 Å². The van der Waals surface area contributed by atoms with E-state index in [1.54, 1.807) is 6.07 Å². The summed E-state index contributed by atoms with van der Waals surface area (Å²) in [5, 5.41) is 8.93. The van der Waals surface area contributed by atoms with E-state index in [4.69, 9.17) is 5.11 Å². The van der Waals surface area contributed by atoms with Gasteiger partial charge in [-0.15, -0.1) is 11.3 Å². The van der Waals surface area contributed by atoms with Crippen LogP contribution in [0.25, 0.3) is 0 Å². The van der Waals surface area contributed by atoms with E-state index in [-0.39, 0.29) is 10.4 Å². The summed E-state index contributed by atoms with van der Waals surface area (Å²) in [6.07, 6.45) is 0. The summed E-state index contributed by atoms with van der Waals surface area (Å²) in [5.41, 5.74) is -0.936. The molecule has 0 aliphatic carbocycles. The zero-order chi connectivity index (χ0) is 14.2. The van der Waals surface area contributed by atoms with Gasteiger partial charge >= 0.3 is 5.97 Å². The number of hydrogen-bond donors (Lipinski definition) is 1. The van der Waals surface area contributed by atoms with Gasteiger partial charge in [-0.25, -0.2) is 13.6 Å². The van der Waals surface area contributed by atoms with Gasteiger partial charge in [0, 0.05) is 5.56 Å². The summed E-state index contributed by atoms with van der Waals surface area (Å²) in [5.74, 6) is -4.71. The highest BCUT2D eigenvalue weighted by Gasteiger charge is 2.22. The Morgan fingerprint density at radius 1 is 1.11 bits per heavy atom. The van der Waals surface area contributed by atoms with Gasteiger partial charge in [0.15, 0.2) is 11.6 Å². The van der Waals surface area contributed by atoms with Crippen LogP contribution in [0, 0.1) is 11.6 Å². The van der Waals surface area contributed by atoms with E-state index in [0.717, 1.165) is 11.3 Å². The third-order valence-corrected chi connectivity index (χ3v) is 3.95. The van der Waals surface area contributed by atoms with Gasteiger partial charge in [-0.3, -0.25) is 4.79 Å². The van der Waals surface area contributed by atoms with Crippen molar-refractivity contribution in [1.29, 1.82) is 0 Å². The minimum Gasteiger partial charge on any atom is -0.478 e. The first kappa shape index (κ1) is 13.8. The highest BCUT2D eigenvalue weighted by atomic mass is 79.9. The third kappa shape index (κ3) is 2.71. The van der Waals surface area contributed by atoms with E-state index in [9.17, 15) is 18.4 Å². The molecule has 3 nitrogen and oxygen atoms in total. The van der Waals surface area contributed by atoms with E-state index >= 15 is 0 Å². The molecular formula is C12H5BrF2O3S. The number of carbonyl (C=O) groups excluding carboxylic acids is 1. The molecule has 1 heterocycles. The molecule has 0 aliphatic heterocycles. The molecular weight excluding hydrogens is 342 g/mol. The lowest BCUT2D eigenvalue weighted by Gasteiger charge is -2.05. The minimum atomic E-state index is -1.49. The molecule has 7 heteroatoms. The molecule has 0 aliphatic rings. The van der Waals surface area contributed by atoms with Crippen LogP contribution in [-0.4, -0.2) is 16.9 Å². The molecule has 0 spiro atoms. The molecule has 98 valence electrons. The maximum atomic E-state index is 13.2. The summed E-state index contributed by atoms with van der Waals surface area (Å²) >= 11 is 4.24. The average Bonchev–Trinajstić information content (AvgIpc) is 2.77. The molecule has 19 heavy (non-hydrogen) atoms. The van der Waals surface area contributed by atoms with E-state index in [1.807, 2.05) is 0 Å². The maximum Gasteiger partial charge on any atom is 0.336 e. The largest absolute Gasteiger partial charge is 0.478 e. The van der Waals surface area contributed by atoms with Crippen molar-refractivity contribution in [2.45, 2.75) is 0 Å². The molecule has 0 saturated carbocycles. The van der Waals surface area contributed by atoms with Crippen molar-refractivity contribution in [3.8, 4) is 0 Å². The van der Waals surface area contributed by atoms with Gasteiger partial charge in [0.2, 0.25) is 5.78 Å². The number of hydrogen-bond acceptors (Lipinski definition) is 3. The Bertz CT molecular complexity index is 682. The summed E-state index contributed by atoms with van der Waals surface area (Å²) in [6.45, 7) is 0. The second kappa shape index (κ2) is 5.18. The molecule has 1 aromatic carbocycles. The summed E-state index contributed by atoms with van der Waals surface area (Å²) < 4.78 is 26.9. The highest BCUT2D eigenvalue weighted by Crippen LogP contribution is 2.26. The number of benzene rings is 1. The number of carbonyl (C=O) groups is 2. The third-order valence-electron chi connectivity index (χ3n) is 2.33. The second-order valence-corrected chi connectivity index (χ2v) is 6.01. The molecule has 0 amide bonds. The Kier molecular flexibility index (Phi) is 3.77. The van der Waals surface area contributed by atoms with Crippen LogP contribution >= 0.6 is 27.3 Å². The average molecular weight is 347 g/mol. The van der Waals surface area contributed by atoms with Gasteiger partial charge < -0.3 is 5.11 Å². The van der Waals surface area contributed by atoms with E-state index in [2.05, 4.69) is 15.9 Å². The monoisotopic (exact) mass is 346 g/mol. The Labute approximate surface area is 118 Å². The normalized spacial score (nSPS) is 10.5. The lowest BCUT2D eigenvalue weighted by atomic mass is 10.0. The van der Waals surface area contributed by atoms with Crippen molar-refractivity contribution in [2.75, 3.05) is 0 Å². The van der Waals surface area contributed by atoms with Crippen LogP contribution in [0.5, 0.6) is 0 Å². The van der Waals surface area contributed by atoms with Crippen molar-refractivity contribution < 1.29 is 23.5 Å². The molecule has 2 aromatic rings. The molecule has 1 N–H and O–H groups in total. The van der Waals surface area contributed by atoms with Crippen LogP contribution in [-0.2, 0) is 0 Å². The fourth-order valence-electron chi connectivity index (χ4n) is 1.48. The number of carboxylic acids is 1. The number of rotatable bonds is 3. The Hall–Kier alpha value is -1.60. The van der Waals surface area contributed by atoms with E-state index in [1.165, 1.54) is 6.07 Å². The number of carboxylic acid groups (broad SMARTS) is 1. The quantitative estimate of drug-likeness (QED) is 0.861. The van der Waals surface area contributed by atoms with Crippen LogP contribution in [0.2, 0.25) is 0 Å². The SMILES string of the molecule is O=C(O)c1cc(F)c(F)cc1C(=O)c1ccc(Br)s1. The first-order valence-corrected chi connectivity index (χ1v) is 6.53. The summed E-state index contributed by atoms with van der Waals surface area (Å²) in [6, 6.07) is 4.20. The fraction of sp³-hybridized carbons (Fsp3) is 0. The van der Waals surface area contributed by atoms with Gasteiger partial charge in [0.1, 0.15) is 0 Å². The molecule has 2 rings (SSSR count). The van der Waals surface area contributed by atoms with Crippen LogP contribution in [0.4, 0.5) is 8.78 Å². The lowest BCUT2D eigenvalue weighted by Crippen LogP contribution is -2.10. The number of aromatic carboxylic acids is 1. The predicted octanol–water partition coefficient (Wildman–Crippen LogP) is 3.72. The molecule has 0 fully saturated rings.